The number of aromatic carboxylic acids is 1. The van der Waals surface area contributed by atoms with Crippen molar-refractivity contribution in [3.8, 4) is 11.1 Å². The second kappa shape index (κ2) is 5.22. The van der Waals surface area contributed by atoms with E-state index in [4.69, 9.17) is 5.11 Å². The van der Waals surface area contributed by atoms with Crippen LogP contribution in [0, 0.1) is 12.7 Å². The van der Waals surface area contributed by atoms with Gasteiger partial charge in [-0.3, -0.25) is 4.68 Å². The lowest BCUT2D eigenvalue weighted by molar-refractivity contribution is 0.0693. The van der Waals surface area contributed by atoms with E-state index in [0.717, 1.165) is 19.0 Å². The van der Waals surface area contributed by atoms with Crippen LogP contribution in [-0.4, -0.2) is 20.9 Å². The van der Waals surface area contributed by atoms with Crippen molar-refractivity contribution in [3.05, 3.63) is 41.5 Å². The second-order valence-corrected chi connectivity index (χ2v) is 4.36. The van der Waals surface area contributed by atoms with Gasteiger partial charge in [-0.05, 0) is 19.4 Å². The van der Waals surface area contributed by atoms with Gasteiger partial charge in [0.25, 0.3) is 0 Å². The van der Waals surface area contributed by atoms with Crippen LogP contribution < -0.4 is 0 Å². The highest BCUT2D eigenvalue weighted by atomic mass is 19.1. The maximum absolute atomic E-state index is 13.7. The SMILES string of the molecule is CCCn1cc(-c2cccc(F)c2C(=O)O)c(C)n1. The zero-order valence-corrected chi connectivity index (χ0v) is 10.9. The van der Waals surface area contributed by atoms with Crippen LogP contribution in [0.3, 0.4) is 0 Å². The van der Waals surface area contributed by atoms with Gasteiger partial charge in [-0.15, -0.1) is 0 Å². The number of rotatable bonds is 4. The van der Waals surface area contributed by atoms with Crippen molar-refractivity contribution < 1.29 is 14.3 Å². The average Bonchev–Trinajstić information content (AvgIpc) is 2.70. The molecule has 0 aliphatic heterocycles. The summed E-state index contributed by atoms with van der Waals surface area (Å²) in [7, 11) is 0. The number of aryl methyl sites for hydroxylation is 2. The van der Waals surface area contributed by atoms with Gasteiger partial charge in [0.05, 0.1) is 5.69 Å². The molecule has 0 radical (unpaired) electrons. The number of carbonyl (C=O) groups is 1. The molecular formula is C14H15FN2O2. The Morgan fingerprint density at radius 2 is 2.16 bits per heavy atom. The first-order valence-corrected chi connectivity index (χ1v) is 6.10. The van der Waals surface area contributed by atoms with Crippen LogP contribution in [0.25, 0.3) is 11.1 Å². The van der Waals surface area contributed by atoms with Crippen LogP contribution in [0.1, 0.15) is 29.4 Å². The third-order valence-electron chi connectivity index (χ3n) is 2.92. The molecule has 5 heteroatoms. The normalized spacial score (nSPS) is 10.7. The number of nitrogens with zero attached hydrogens (tertiary/aromatic N) is 2. The summed E-state index contributed by atoms with van der Waals surface area (Å²) in [4.78, 5) is 11.2. The van der Waals surface area contributed by atoms with Crippen molar-refractivity contribution in [1.29, 1.82) is 0 Å². The predicted octanol–water partition coefficient (Wildman–Crippen LogP) is 3.11. The largest absolute Gasteiger partial charge is 0.478 e. The maximum Gasteiger partial charge on any atom is 0.339 e. The molecule has 0 spiro atoms. The molecule has 0 saturated carbocycles. The van der Waals surface area contributed by atoms with Crippen LogP contribution in [0.2, 0.25) is 0 Å². The highest BCUT2D eigenvalue weighted by Gasteiger charge is 2.19. The molecule has 2 rings (SSSR count). The molecule has 0 aliphatic rings. The summed E-state index contributed by atoms with van der Waals surface area (Å²) < 4.78 is 15.4. The molecule has 0 unspecified atom stereocenters. The van der Waals surface area contributed by atoms with Gasteiger partial charge in [0.1, 0.15) is 11.4 Å². The van der Waals surface area contributed by atoms with Gasteiger partial charge < -0.3 is 5.11 Å². The number of hydrogen-bond acceptors (Lipinski definition) is 2. The van der Waals surface area contributed by atoms with Crippen LogP contribution >= 0.6 is 0 Å². The summed E-state index contributed by atoms with van der Waals surface area (Å²) in [5, 5.41) is 13.4. The Hall–Kier alpha value is -2.17. The minimum absolute atomic E-state index is 0.304. The molecule has 0 atom stereocenters. The molecule has 0 fully saturated rings. The van der Waals surface area contributed by atoms with Crippen LogP contribution in [0.15, 0.2) is 24.4 Å². The molecule has 0 aliphatic carbocycles. The van der Waals surface area contributed by atoms with E-state index in [9.17, 15) is 9.18 Å². The molecule has 0 bridgehead atoms. The molecule has 1 aromatic heterocycles. The molecule has 19 heavy (non-hydrogen) atoms. The summed E-state index contributed by atoms with van der Waals surface area (Å²) in [5.74, 6) is -2.00. The predicted molar refractivity (Wildman–Crippen MR) is 69.6 cm³/mol. The Morgan fingerprint density at radius 3 is 2.79 bits per heavy atom. The van der Waals surface area contributed by atoms with Crippen molar-refractivity contribution in [2.45, 2.75) is 26.8 Å². The van der Waals surface area contributed by atoms with Crippen molar-refractivity contribution in [2.75, 3.05) is 0 Å². The molecule has 2 aromatic rings. The van der Waals surface area contributed by atoms with Gasteiger partial charge in [-0.2, -0.15) is 5.10 Å². The maximum atomic E-state index is 13.7. The lowest BCUT2D eigenvalue weighted by Gasteiger charge is -2.05. The van der Waals surface area contributed by atoms with Gasteiger partial charge in [0.15, 0.2) is 0 Å². The highest BCUT2D eigenvalue weighted by Crippen LogP contribution is 2.28. The van der Waals surface area contributed by atoms with E-state index >= 15 is 0 Å². The van der Waals surface area contributed by atoms with E-state index in [1.165, 1.54) is 6.07 Å². The summed E-state index contributed by atoms with van der Waals surface area (Å²) >= 11 is 0. The molecule has 1 N–H and O–H groups in total. The van der Waals surface area contributed by atoms with Gasteiger partial charge in [0, 0.05) is 23.9 Å². The highest BCUT2D eigenvalue weighted by molar-refractivity contribution is 5.96. The molecule has 1 heterocycles. The number of halogens is 1. The first-order valence-electron chi connectivity index (χ1n) is 6.10. The molecule has 100 valence electrons. The van der Waals surface area contributed by atoms with E-state index < -0.39 is 11.8 Å². The van der Waals surface area contributed by atoms with Crippen molar-refractivity contribution >= 4 is 5.97 Å². The third kappa shape index (κ3) is 2.50. The van der Waals surface area contributed by atoms with Crippen LogP contribution in [0.4, 0.5) is 4.39 Å². The third-order valence-corrected chi connectivity index (χ3v) is 2.92. The van der Waals surface area contributed by atoms with Crippen molar-refractivity contribution in [2.24, 2.45) is 0 Å². The number of hydrogen-bond donors (Lipinski definition) is 1. The van der Waals surface area contributed by atoms with Crippen LogP contribution in [0.5, 0.6) is 0 Å². The number of benzene rings is 1. The van der Waals surface area contributed by atoms with Gasteiger partial charge in [-0.25, -0.2) is 9.18 Å². The minimum atomic E-state index is -1.27. The summed E-state index contributed by atoms with van der Waals surface area (Å²) in [5.41, 5.74) is 1.42. The van der Waals surface area contributed by atoms with E-state index in [-0.39, 0.29) is 5.56 Å². The molecular weight excluding hydrogens is 247 g/mol. The Morgan fingerprint density at radius 1 is 1.42 bits per heavy atom. The average molecular weight is 262 g/mol. The van der Waals surface area contributed by atoms with E-state index in [2.05, 4.69) is 5.10 Å². The first kappa shape index (κ1) is 13.3. The van der Waals surface area contributed by atoms with Gasteiger partial charge in [-0.1, -0.05) is 19.1 Å². The monoisotopic (exact) mass is 262 g/mol. The smallest absolute Gasteiger partial charge is 0.339 e. The van der Waals surface area contributed by atoms with Gasteiger partial charge >= 0.3 is 5.97 Å². The quantitative estimate of drug-likeness (QED) is 0.921. The summed E-state index contributed by atoms with van der Waals surface area (Å²) in [6.07, 6.45) is 2.69. The zero-order chi connectivity index (χ0) is 14.0. The number of carboxylic acids is 1. The fraction of sp³-hybridized carbons (Fsp3) is 0.286. The number of aromatic nitrogens is 2. The molecule has 1 aromatic carbocycles. The topological polar surface area (TPSA) is 55.1 Å². The van der Waals surface area contributed by atoms with E-state index in [1.807, 2.05) is 6.92 Å². The molecule has 0 saturated heterocycles. The standard InChI is InChI=1S/C14H15FN2O2/c1-3-7-17-8-11(9(2)16-17)10-5-4-6-12(15)13(10)14(18)19/h4-6,8H,3,7H2,1-2H3,(H,18,19). The summed E-state index contributed by atoms with van der Waals surface area (Å²) in [6, 6.07) is 4.26. The van der Waals surface area contributed by atoms with Crippen molar-refractivity contribution in [3.63, 3.8) is 0 Å². The lowest BCUT2D eigenvalue weighted by atomic mass is 10.00. The van der Waals surface area contributed by atoms with Crippen molar-refractivity contribution in [1.82, 2.24) is 9.78 Å². The first-order chi connectivity index (χ1) is 9.04. The zero-order valence-electron chi connectivity index (χ0n) is 10.9. The Bertz CT molecular complexity index is 620. The number of carboxylic acid groups (broad SMARTS) is 1. The van der Waals surface area contributed by atoms with Gasteiger partial charge in [0.2, 0.25) is 0 Å². The fourth-order valence-corrected chi connectivity index (χ4v) is 2.09. The van der Waals surface area contributed by atoms with E-state index in [1.54, 1.807) is 23.9 Å². The molecule has 0 amide bonds. The Kier molecular flexibility index (Phi) is 3.64. The van der Waals surface area contributed by atoms with E-state index in [0.29, 0.717) is 16.8 Å². The lowest BCUT2D eigenvalue weighted by Crippen LogP contribution is -2.03. The Balaban J connectivity index is 2.59. The molecule has 4 nitrogen and oxygen atoms in total. The summed E-state index contributed by atoms with van der Waals surface area (Å²) in [6.45, 7) is 4.57. The fourth-order valence-electron chi connectivity index (χ4n) is 2.09. The second-order valence-electron chi connectivity index (χ2n) is 4.36. The Labute approximate surface area is 110 Å². The minimum Gasteiger partial charge on any atom is -0.478 e. The van der Waals surface area contributed by atoms with Crippen LogP contribution in [-0.2, 0) is 6.54 Å².